The van der Waals surface area contributed by atoms with Crippen molar-refractivity contribution >= 4 is 39.9 Å². The molecule has 0 aromatic carbocycles. The number of methoxy groups -OCH3 is 1. The third kappa shape index (κ3) is 4.73. The van der Waals surface area contributed by atoms with E-state index in [4.69, 9.17) is 32.7 Å². The summed E-state index contributed by atoms with van der Waals surface area (Å²) in [6.07, 6.45) is 7.23. The predicted molar refractivity (Wildman–Crippen MR) is 113 cm³/mol. The van der Waals surface area contributed by atoms with Crippen LogP contribution in [0.5, 0.6) is 5.88 Å². The molecule has 0 bridgehead atoms. The number of aryl methyl sites for hydroxylation is 1. The van der Waals surface area contributed by atoms with Gasteiger partial charge in [0.25, 0.3) is 0 Å². The number of rotatable bonds is 8. The number of halogens is 2. The van der Waals surface area contributed by atoms with Gasteiger partial charge in [0, 0.05) is 26.3 Å². The Morgan fingerprint density at radius 1 is 1.26 bits per heavy atom. The highest BCUT2D eigenvalue weighted by molar-refractivity contribution is 6.34. The Morgan fingerprint density at radius 3 is 2.74 bits per heavy atom. The van der Waals surface area contributed by atoms with Gasteiger partial charge in [0.15, 0.2) is 10.8 Å². The average molecular weight is 470 g/mol. The van der Waals surface area contributed by atoms with Crippen LogP contribution in [0, 0.1) is 10.1 Å². The van der Waals surface area contributed by atoms with Crippen molar-refractivity contribution in [2.75, 3.05) is 13.7 Å². The van der Waals surface area contributed by atoms with E-state index in [2.05, 4.69) is 20.2 Å². The lowest BCUT2D eigenvalue weighted by atomic mass is 9.93. The van der Waals surface area contributed by atoms with Crippen LogP contribution in [0.15, 0.2) is 12.4 Å². The standard InChI is InChI=1S/C18H21Cl2N7O4/c1-30-12-5-3-11(4-6-12)26-10-14(27(28)29)17(24-26)31-8-2-7-25-16-13(15(19)23-25)9-21-18(20)22-16/h9-12H,2-8H2,1H3/t11-,12-. The first kappa shape index (κ1) is 21.7. The van der Waals surface area contributed by atoms with Crippen LogP contribution in [0.4, 0.5) is 5.69 Å². The molecule has 13 heteroatoms. The van der Waals surface area contributed by atoms with Crippen molar-refractivity contribution in [3.05, 3.63) is 32.9 Å². The van der Waals surface area contributed by atoms with Gasteiger partial charge >= 0.3 is 11.6 Å². The summed E-state index contributed by atoms with van der Waals surface area (Å²) in [6.45, 7) is 0.651. The van der Waals surface area contributed by atoms with E-state index in [9.17, 15) is 10.1 Å². The van der Waals surface area contributed by atoms with E-state index >= 15 is 0 Å². The first-order valence-electron chi connectivity index (χ1n) is 9.90. The molecule has 11 nitrogen and oxygen atoms in total. The molecule has 0 atom stereocenters. The smallest absolute Gasteiger partial charge is 0.350 e. The topological polar surface area (TPSA) is 123 Å². The zero-order valence-electron chi connectivity index (χ0n) is 16.8. The average Bonchev–Trinajstić information content (AvgIpc) is 3.32. The fourth-order valence-electron chi connectivity index (χ4n) is 3.77. The van der Waals surface area contributed by atoms with Gasteiger partial charge in [-0.05, 0) is 37.3 Å². The summed E-state index contributed by atoms with van der Waals surface area (Å²) in [6, 6.07) is 0.101. The summed E-state index contributed by atoms with van der Waals surface area (Å²) in [5, 5.41) is 21.0. The van der Waals surface area contributed by atoms with Crippen LogP contribution in [-0.2, 0) is 11.3 Å². The van der Waals surface area contributed by atoms with E-state index in [1.54, 1.807) is 16.5 Å². The second-order valence-corrected chi connectivity index (χ2v) is 8.01. The molecule has 3 aromatic rings. The molecule has 4 rings (SSSR count). The number of ether oxygens (including phenoxy) is 2. The van der Waals surface area contributed by atoms with Crippen LogP contribution in [0.25, 0.3) is 11.0 Å². The molecule has 0 saturated heterocycles. The van der Waals surface area contributed by atoms with Gasteiger partial charge in [-0.1, -0.05) is 11.6 Å². The van der Waals surface area contributed by atoms with Crippen molar-refractivity contribution in [2.24, 2.45) is 0 Å². The highest BCUT2D eigenvalue weighted by Gasteiger charge is 2.28. The van der Waals surface area contributed by atoms with E-state index in [0.29, 0.717) is 24.0 Å². The zero-order chi connectivity index (χ0) is 22.0. The Bertz CT molecular complexity index is 1080. The minimum absolute atomic E-state index is 0.0209. The van der Waals surface area contributed by atoms with Gasteiger partial charge in [-0.15, -0.1) is 5.10 Å². The van der Waals surface area contributed by atoms with E-state index in [-0.39, 0.29) is 40.8 Å². The van der Waals surface area contributed by atoms with Gasteiger partial charge in [0.2, 0.25) is 5.28 Å². The van der Waals surface area contributed by atoms with E-state index in [1.807, 2.05) is 0 Å². The Labute approximate surface area is 187 Å². The van der Waals surface area contributed by atoms with Crippen LogP contribution < -0.4 is 4.74 Å². The third-order valence-electron chi connectivity index (χ3n) is 5.40. The third-order valence-corrected chi connectivity index (χ3v) is 5.86. The highest BCUT2D eigenvalue weighted by atomic mass is 35.5. The molecule has 1 aliphatic carbocycles. The lowest BCUT2D eigenvalue weighted by Crippen LogP contribution is -2.23. The maximum Gasteiger partial charge on any atom is 0.350 e. The molecule has 0 amide bonds. The lowest BCUT2D eigenvalue weighted by molar-refractivity contribution is -0.386. The number of nitro groups is 1. The van der Waals surface area contributed by atoms with E-state index in [0.717, 1.165) is 25.7 Å². The van der Waals surface area contributed by atoms with Gasteiger partial charge < -0.3 is 9.47 Å². The Morgan fingerprint density at radius 2 is 2.03 bits per heavy atom. The molecule has 1 aliphatic rings. The summed E-state index contributed by atoms with van der Waals surface area (Å²) in [7, 11) is 1.71. The molecule has 166 valence electrons. The first-order valence-corrected chi connectivity index (χ1v) is 10.7. The fraction of sp³-hybridized carbons (Fsp3) is 0.556. The maximum absolute atomic E-state index is 11.4. The number of hydrogen-bond donors (Lipinski definition) is 0. The van der Waals surface area contributed by atoms with Crippen molar-refractivity contribution in [3.8, 4) is 5.88 Å². The quantitative estimate of drug-likeness (QED) is 0.211. The minimum Gasteiger partial charge on any atom is -0.472 e. The van der Waals surface area contributed by atoms with Gasteiger partial charge in [-0.25, -0.2) is 9.67 Å². The van der Waals surface area contributed by atoms with Crippen molar-refractivity contribution < 1.29 is 14.4 Å². The Hall–Kier alpha value is -2.50. The van der Waals surface area contributed by atoms with E-state index < -0.39 is 4.92 Å². The summed E-state index contributed by atoms with van der Waals surface area (Å²) >= 11 is 12.0. The van der Waals surface area contributed by atoms with Crippen LogP contribution >= 0.6 is 23.2 Å². The summed E-state index contributed by atoms with van der Waals surface area (Å²) in [4.78, 5) is 19.0. The lowest BCUT2D eigenvalue weighted by Gasteiger charge is -2.27. The molecule has 1 saturated carbocycles. The maximum atomic E-state index is 11.4. The molecule has 0 N–H and O–H groups in total. The van der Waals surface area contributed by atoms with Crippen LogP contribution in [0.3, 0.4) is 0 Å². The molecular formula is C18H21Cl2N7O4. The number of aromatic nitrogens is 6. The van der Waals surface area contributed by atoms with Gasteiger partial charge in [0.1, 0.15) is 6.20 Å². The van der Waals surface area contributed by atoms with Gasteiger partial charge in [0.05, 0.1) is 29.1 Å². The highest BCUT2D eigenvalue weighted by Crippen LogP contribution is 2.33. The number of nitrogens with zero attached hydrogens (tertiary/aromatic N) is 7. The van der Waals surface area contributed by atoms with Crippen molar-refractivity contribution in [1.29, 1.82) is 0 Å². The predicted octanol–water partition coefficient (Wildman–Crippen LogP) is 3.84. The molecule has 0 aliphatic heterocycles. The SMILES string of the molecule is CO[C@H]1CC[C@H](n2cc([N+](=O)[O-])c(OCCCn3nc(Cl)c4cnc(Cl)nc43)n2)CC1. The molecule has 3 aromatic heterocycles. The van der Waals surface area contributed by atoms with Gasteiger partial charge in [-0.2, -0.15) is 10.1 Å². The summed E-state index contributed by atoms with van der Waals surface area (Å²) in [5.74, 6) is 0.0209. The molecule has 31 heavy (non-hydrogen) atoms. The van der Waals surface area contributed by atoms with E-state index in [1.165, 1.54) is 12.4 Å². The number of fused-ring (bicyclic) bond motifs is 1. The molecule has 0 radical (unpaired) electrons. The molecular weight excluding hydrogens is 449 g/mol. The largest absolute Gasteiger partial charge is 0.472 e. The van der Waals surface area contributed by atoms with Crippen LogP contribution in [0.1, 0.15) is 38.1 Å². The molecule has 0 spiro atoms. The fourth-order valence-corrected chi connectivity index (χ4v) is 4.12. The molecule has 3 heterocycles. The second-order valence-electron chi connectivity index (χ2n) is 7.32. The zero-order valence-corrected chi connectivity index (χ0v) is 18.3. The van der Waals surface area contributed by atoms with Crippen molar-refractivity contribution in [1.82, 2.24) is 29.5 Å². The summed E-state index contributed by atoms with van der Waals surface area (Å²) < 4.78 is 14.3. The van der Waals surface area contributed by atoms with Crippen molar-refractivity contribution in [3.63, 3.8) is 0 Å². The Kier molecular flexibility index (Phi) is 6.54. The summed E-state index contributed by atoms with van der Waals surface area (Å²) in [5.41, 5.74) is 0.382. The van der Waals surface area contributed by atoms with Crippen LogP contribution in [-0.4, -0.2) is 54.3 Å². The van der Waals surface area contributed by atoms with Gasteiger partial charge in [-0.3, -0.25) is 14.8 Å². The Balaban J connectivity index is 1.39. The second kappa shape index (κ2) is 9.33. The monoisotopic (exact) mass is 469 g/mol. The molecule has 1 fully saturated rings. The minimum atomic E-state index is -0.473. The van der Waals surface area contributed by atoms with Crippen molar-refractivity contribution in [2.45, 2.75) is 50.8 Å². The first-order chi connectivity index (χ1) is 15.0. The normalized spacial score (nSPS) is 19.1. The van der Waals surface area contributed by atoms with Crippen LogP contribution in [0.2, 0.25) is 10.4 Å². The molecule has 0 unspecified atom stereocenters. The number of hydrogen-bond acceptors (Lipinski definition) is 8.